The molecule has 1 aliphatic rings. The third-order valence-electron chi connectivity index (χ3n) is 5.58. The number of benzene rings is 2. The lowest BCUT2D eigenvalue weighted by Gasteiger charge is -2.28. The molecule has 2 heterocycles. The number of hydrogen-bond acceptors (Lipinski definition) is 7. The summed E-state index contributed by atoms with van der Waals surface area (Å²) in [5.41, 5.74) is 1.98. The van der Waals surface area contributed by atoms with Crippen LogP contribution in [0.25, 0.3) is 0 Å². The minimum atomic E-state index is -0.787. The van der Waals surface area contributed by atoms with Gasteiger partial charge in [-0.25, -0.2) is 4.39 Å². The molecule has 1 amide bonds. The average molecular weight is 504 g/mol. The van der Waals surface area contributed by atoms with E-state index in [1.807, 2.05) is 0 Å². The van der Waals surface area contributed by atoms with Crippen molar-refractivity contribution >= 4 is 29.1 Å². The Morgan fingerprint density at radius 1 is 1.17 bits per heavy atom. The van der Waals surface area contributed by atoms with Gasteiger partial charge in [-0.1, -0.05) is 11.8 Å². The van der Waals surface area contributed by atoms with Crippen molar-refractivity contribution in [3.63, 3.8) is 0 Å². The number of ether oxygens (including phenoxy) is 1. The van der Waals surface area contributed by atoms with Gasteiger partial charge in [0.1, 0.15) is 17.3 Å². The molecule has 2 aromatic carbocycles. The number of carbonyl (C=O) groups is 2. The molecule has 182 valence electrons. The standard InChI is InChI=1S/C27H22FN3O4S/c1-16-24(26(33)31-19-9-7-18(28)8-10-19)25(23-4-3-13-35-23)21(14-29)27(30-16)36-15-22(32)17-5-11-20(34-2)12-6-17/h3-13,25,30H,15H2,1-2H3,(H,31,33)/t25-/m0/s1. The van der Waals surface area contributed by atoms with Gasteiger partial charge in [0.15, 0.2) is 5.78 Å². The molecule has 0 unspecified atom stereocenters. The molecule has 0 aliphatic carbocycles. The Bertz CT molecular complexity index is 1370. The van der Waals surface area contributed by atoms with Gasteiger partial charge < -0.3 is 19.8 Å². The third-order valence-corrected chi connectivity index (χ3v) is 6.60. The van der Waals surface area contributed by atoms with Crippen LogP contribution in [0.5, 0.6) is 5.75 Å². The highest BCUT2D eigenvalue weighted by atomic mass is 32.2. The minimum Gasteiger partial charge on any atom is -0.497 e. The van der Waals surface area contributed by atoms with Crippen LogP contribution in [0, 0.1) is 17.1 Å². The second-order valence-electron chi connectivity index (χ2n) is 7.87. The highest BCUT2D eigenvalue weighted by Crippen LogP contribution is 2.41. The lowest BCUT2D eigenvalue weighted by Crippen LogP contribution is -2.30. The number of halogens is 1. The van der Waals surface area contributed by atoms with Crippen LogP contribution in [0.2, 0.25) is 0 Å². The number of anilines is 1. The highest BCUT2D eigenvalue weighted by molar-refractivity contribution is 8.03. The Balaban J connectivity index is 1.60. The lowest BCUT2D eigenvalue weighted by molar-refractivity contribution is -0.113. The van der Waals surface area contributed by atoms with Crippen molar-refractivity contribution in [3.05, 3.63) is 106 Å². The number of allylic oxidation sites excluding steroid dienone is 2. The molecule has 1 aliphatic heterocycles. The SMILES string of the molecule is COc1ccc(C(=O)CSC2=C(C#N)[C@@H](c3ccco3)C(C(=O)Nc3ccc(F)cc3)=C(C)N2)cc1. The predicted octanol–water partition coefficient (Wildman–Crippen LogP) is 5.38. The topological polar surface area (TPSA) is 104 Å². The fraction of sp³-hybridized carbons (Fsp3) is 0.148. The molecule has 0 radical (unpaired) electrons. The Morgan fingerprint density at radius 2 is 1.89 bits per heavy atom. The number of nitrogens with one attached hydrogen (secondary N) is 2. The van der Waals surface area contributed by atoms with Gasteiger partial charge in [0, 0.05) is 16.9 Å². The first kappa shape index (κ1) is 24.8. The number of thioether (sulfide) groups is 1. The van der Waals surface area contributed by atoms with Crippen LogP contribution in [0.3, 0.4) is 0 Å². The van der Waals surface area contributed by atoms with E-state index in [0.29, 0.717) is 33.5 Å². The molecular weight excluding hydrogens is 481 g/mol. The quantitative estimate of drug-likeness (QED) is 0.398. The number of furan rings is 1. The smallest absolute Gasteiger partial charge is 0.254 e. The molecule has 0 spiro atoms. The van der Waals surface area contributed by atoms with Crippen LogP contribution < -0.4 is 15.4 Å². The summed E-state index contributed by atoms with van der Waals surface area (Å²) in [5, 5.41) is 16.4. The molecule has 1 atom stereocenters. The van der Waals surface area contributed by atoms with Gasteiger partial charge in [-0.05, 0) is 67.6 Å². The molecular formula is C27H22FN3O4S. The van der Waals surface area contributed by atoms with Gasteiger partial charge in [-0.2, -0.15) is 5.26 Å². The maximum Gasteiger partial charge on any atom is 0.254 e. The van der Waals surface area contributed by atoms with Crippen LogP contribution >= 0.6 is 11.8 Å². The van der Waals surface area contributed by atoms with Gasteiger partial charge in [0.2, 0.25) is 0 Å². The summed E-state index contributed by atoms with van der Waals surface area (Å²) in [7, 11) is 1.55. The second-order valence-corrected chi connectivity index (χ2v) is 8.85. The Hall–Kier alpha value is -4.29. The summed E-state index contributed by atoms with van der Waals surface area (Å²) in [5.74, 6) is -0.645. The Morgan fingerprint density at radius 3 is 2.50 bits per heavy atom. The monoisotopic (exact) mass is 503 g/mol. The number of amides is 1. The van der Waals surface area contributed by atoms with Crippen molar-refractivity contribution in [1.29, 1.82) is 5.26 Å². The molecule has 7 nitrogen and oxygen atoms in total. The fourth-order valence-electron chi connectivity index (χ4n) is 3.80. The van der Waals surface area contributed by atoms with Crippen molar-refractivity contribution in [1.82, 2.24) is 5.32 Å². The zero-order valence-electron chi connectivity index (χ0n) is 19.5. The zero-order valence-corrected chi connectivity index (χ0v) is 20.3. The summed E-state index contributed by atoms with van der Waals surface area (Å²) in [6, 6.07) is 17.7. The average Bonchev–Trinajstić information content (AvgIpc) is 3.43. The van der Waals surface area contributed by atoms with E-state index in [4.69, 9.17) is 9.15 Å². The van der Waals surface area contributed by atoms with E-state index in [9.17, 15) is 19.2 Å². The van der Waals surface area contributed by atoms with Crippen LogP contribution in [0.4, 0.5) is 10.1 Å². The summed E-state index contributed by atoms with van der Waals surface area (Å²) in [6.45, 7) is 1.72. The van der Waals surface area contributed by atoms with E-state index in [1.165, 1.54) is 42.3 Å². The first-order valence-electron chi connectivity index (χ1n) is 10.9. The highest BCUT2D eigenvalue weighted by Gasteiger charge is 2.36. The van der Waals surface area contributed by atoms with E-state index in [1.54, 1.807) is 50.4 Å². The number of rotatable bonds is 8. The van der Waals surface area contributed by atoms with Crippen LogP contribution in [-0.2, 0) is 4.79 Å². The zero-order chi connectivity index (χ0) is 25.7. The largest absolute Gasteiger partial charge is 0.497 e. The summed E-state index contributed by atoms with van der Waals surface area (Å²) < 4.78 is 24.0. The molecule has 0 bridgehead atoms. The van der Waals surface area contributed by atoms with Crippen LogP contribution in [-0.4, -0.2) is 24.6 Å². The van der Waals surface area contributed by atoms with E-state index in [2.05, 4.69) is 16.7 Å². The normalized spacial score (nSPS) is 15.2. The molecule has 36 heavy (non-hydrogen) atoms. The summed E-state index contributed by atoms with van der Waals surface area (Å²) in [4.78, 5) is 26.0. The van der Waals surface area contributed by atoms with Crippen molar-refractivity contribution in [2.75, 3.05) is 18.2 Å². The molecule has 0 fully saturated rings. The van der Waals surface area contributed by atoms with E-state index >= 15 is 0 Å². The molecule has 9 heteroatoms. The molecule has 4 rings (SSSR count). The molecule has 0 saturated carbocycles. The number of nitrogens with zero attached hydrogens (tertiary/aromatic N) is 1. The number of carbonyl (C=O) groups excluding carboxylic acids is 2. The maximum absolute atomic E-state index is 13.3. The molecule has 1 aromatic heterocycles. The number of nitriles is 1. The van der Waals surface area contributed by atoms with Crippen molar-refractivity contribution in [2.45, 2.75) is 12.8 Å². The lowest BCUT2D eigenvalue weighted by atomic mass is 9.85. The van der Waals surface area contributed by atoms with E-state index < -0.39 is 17.6 Å². The van der Waals surface area contributed by atoms with Crippen LogP contribution in [0.15, 0.2) is 93.2 Å². The number of dihydropyridines is 1. The number of Topliss-reactive ketones (excluding diaryl/α,β-unsaturated/α-hetero) is 1. The maximum atomic E-state index is 13.3. The fourth-order valence-corrected chi connectivity index (χ4v) is 4.78. The molecule has 2 N–H and O–H groups in total. The van der Waals surface area contributed by atoms with Gasteiger partial charge in [0.25, 0.3) is 5.91 Å². The molecule has 0 saturated heterocycles. The van der Waals surface area contributed by atoms with Crippen LogP contribution in [0.1, 0.15) is 29.0 Å². The molecule has 3 aromatic rings. The van der Waals surface area contributed by atoms with Crippen molar-refractivity contribution < 1.29 is 23.1 Å². The Labute approximate surface area is 211 Å². The van der Waals surface area contributed by atoms with Gasteiger partial charge in [0.05, 0.1) is 47.3 Å². The van der Waals surface area contributed by atoms with Gasteiger partial charge in [-0.3, -0.25) is 9.59 Å². The van der Waals surface area contributed by atoms with E-state index in [0.717, 1.165) is 0 Å². The summed E-state index contributed by atoms with van der Waals surface area (Å²) >= 11 is 1.18. The first-order chi connectivity index (χ1) is 17.4. The number of hydrogen-bond donors (Lipinski definition) is 2. The second kappa shape index (κ2) is 11.0. The third kappa shape index (κ3) is 5.34. The number of methoxy groups -OCH3 is 1. The van der Waals surface area contributed by atoms with Crippen molar-refractivity contribution in [3.8, 4) is 11.8 Å². The number of ketones is 1. The van der Waals surface area contributed by atoms with Crippen molar-refractivity contribution in [2.24, 2.45) is 0 Å². The predicted molar refractivity (Wildman–Crippen MR) is 135 cm³/mol. The van der Waals surface area contributed by atoms with E-state index in [-0.39, 0.29) is 22.7 Å². The first-order valence-corrected chi connectivity index (χ1v) is 11.9. The van der Waals surface area contributed by atoms with Gasteiger partial charge in [-0.15, -0.1) is 0 Å². The summed E-state index contributed by atoms with van der Waals surface area (Å²) in [6.07, 6.45) is 1.47. The van der Waals surface area contributed by atoms with Gasteiger partial charge >= 0.3 is 0 Å². The minimum absolute atomic E-state index is 0.0785. The Kier molecular flexibility index (Phi) is 7.56.